The Morgan fingerprint density at radius 1 is 1.09 bits per heavy atom. The van der Waals surface area contributed by atoms with Crippen LogP contribution in [0.2, 0.25) is 0 Å². The first-order valence-corrected chi connectivity index (χ1v) is 7.53. The van der Waals surface area contributed by atoms with E-state index in [1.54, 1.807) is 35.2 Å². The molecule has 0 saturated carbocycles. The minimum atomic E-state index is -0.0728. The van der Waals surface area contributed by atoms with Crippen molar-refractivity contribution in [2.75, 3.05) is 20.2 Å². The number of nitrogens with zero attached hydrogens (tertiary/aromatic N) is 1. The highest BCUT2D eigenvalue weighted by atomic mass is 16.5. The van der Waals surface area contributed by atoms with Crippen molar-refractivity contribution in [2.45, 2.75) is 13.8 Å². The van der Waals surface area contributed by atoms with Gasteiger partial charge in [0.25, 0.3) is 5.91 Å². The van der Waals surface area contributed by atoms with Crippen molar-refractivity contribution in [1.82, 2.24) is 4.90 Å². The van der Waals surface area contributed by atoms with Gasteiger partial charge in [-0.2, -0.15) is 0 Å². The minimum Gasteiger partial charge on any atom is -0.504 e. The van der Waals surface area contributed by atoms with Crippen molar-refractivity contribution < 1.29 is 19.4 Å². The molecule has 1 N–H and O–H groups in total. The summed E-state index contributed by atoms with van der Waals surface area (Å²) in [6, 6.07) is 11.8. The number of amides is 1. The van der Waals surface area contributed by atoms with Gasteiger partial charge in [-0.25, -0.2) is 0 Å². The van der Waals surface area contributed by atoms with Gasteiger partial charge in [-0.3, -0.25) is 4.79 Å². The number of rotatable bonds is 6. The first kappa shape index (κ1) is 16.7. The zero-order valence-electron chi connectivity index (χ0n) is 13.6. The fraction of sp³-hybridized carbons (Fsp3) is 0.278. The third-order valence-corrected chi connectivity index (χ3v) is 3.55. The van der Waals surface area contributed by atoms with Crippen LogP contribution in [-0.2, 0) is 0 Å². The zero-order chi connectivity index (χ0) is 16.8. The van der Waals surface area contributed by atoms with Crippen molar-refractivity contribution in [3.8, 4) is 23.0 Å². The Kier molecular flexibility index (Phi) is 5.46. The number of carbonyl (C=O) groups excluding carboxylic acids is 1. The number of hydrogen-bond acceptors (Lipinski definition) is 4. The molecule has 0 atom stereocenters. The third kappa shape index (κ3) is 3.74. The summed E-state index contributed by atoms with van der Waals surface area (Å²) in [6.45, 7) is 5.15. The summed E-state index contributed by atoms with van der Waals surface area (Å²) in [5.41, 5.74) is 0.503. The predicted octanol–water partition coefficient (Wildman–Crippen LogP) is 3.68. The summed E-state index contributed by atoms with van der Waals surface area (Å²) in [5, 5.41) is 9.64. The summed E-state index contributed by atoms with van der Waals surface area (Å²) in [4.78, 5) is 14.3. The van der Waals surface area contributed by atoms with Crippen molar-refractivity contribution >= 4 is 5.91 Å². The fourth-order valence-electron chi connectivity index (χ4n) is 2.26. The normalized spacial score (nSPS) is 10.2. The molecule has 0 aromatic heterocycles. The van der Waals surface area contributed by atoms with E-state index < -0.39 is 0 Å². The highest BCUT2D eigenvalue weighted by molar-refractivity contribution is 5.97. The summed E-state index contributed by atoms with van der Waals surface area (Å²) in [6.07, 6.45) is 0. The molecule has 2 aromatic carbocycles. The lowest BCUT2D eigenvalue weighted by Gasteiger charge is -2.20. The number of carbonyl (C=O) groups is 1. The maximum atomic E-state index is 12.6. The van der Waals surface area contributed by atoms with Crippen LogP contribution in [-0.4, -0.2) is 36.1 Å². The maximum Gasteiger partial charge on any atom is 0.257 e. The van der Waals surface area contributed by atoms with Crippen LogP contribution >= 0.6 is 0 Å². The van der Waals surface area contributed by atoms with Gasteiger partial charge in [-0.1, -0.05) is 12.1 Å². The van der Waals surface area contributed by atoms with Gasteiger partial charge in [0.05, 0.1) is 12.7 Å². The molecule has 0 aliphatic heterocycles. The highest BCUT2D eigenvalue weighted by Crippen LogP contribution is 2.33. The van der Waals surface area contributed by atoms with E-state index in [-0.39, 0.29) is 11.7 Å². The molecule has 2 rings (SSSR count). The summed E-state index contributed by atoms with van der Waals surface area (Å²) < 4.78 is 10.9. The molecule has 0 saturated heterocycles. The lowest BCUT2D eigenvalue weighted by molar-refractivity contribution is 0.0770. The smallest absolute Gasteiger partial charge is 0.257 e. The van der Waals surface area contributed by atoms with Gasteiger partial charge in [0, 0.05) is 19.2 Å². The lowest BCUT2D eigenvalue weighted by atomic mass is 10.1. The minimum absolute atomic E-state index is 0.0346. The molecule has 2 aromatic rings. The predicted molar refractivity (Wildman–Crippen MR) is 88.4 cm³/mol. The number of hydrogen-bond donors (Lipinski definition) is 1. The van der Waals surface area contributed by atoms with Crippen LogP contribution in [0.4, 0.5) is 0 Å². The lowest BCUT2D eigenvalue weighted by Crippen LogP contribution is -2.30. The first-order chi connectivity index (χ1) is 11.1. The average molecular weight is 315 g/mol. The topological polar surface area (TPSA) is 59.0 Å². The van der Waals surface area contributed by atoms with Gasteiger partial charge in [-0.15, -0.1) is 0 Å². The van der Waals surface area contributed by atoms with Gasteiger partial charge in [0.2, 0.25) is 0 Å². The molecule has 0 aliphatic carbocycles. The van der Waals surface area contributed by atoms with E-state index >= 15 is 0 Å². The Morgan fingerprint density at radius 2 is 1.78 bits per heavy atom. The van der Waals surface area contributed by atoms with Gasteiger partial charge in [0.1, 0.15) is 11.5 Å². The van der Waals surface area contributed by atoms with Crippen LogP contribution in [0.5, 0.6) is 23.0 Å². The quantitative estimate of drug-likeness (QED) is 0.883. The van der Waals surface area contributed by atoms with Crippen molar-refractivity contribution in [3.05, 3.63) is 48.0 Å². The largest absolute Gasteiger partial charge is 0.504 e. The second-order valence-corrected chi connectivity index (χ2v) is 4.91. The van der Waals surface area contributed by atoms with E-state index in [4.69, 9.17) is 9.47 Å². The Hall–Kier alpha value is -2.69. The Morgan fingerprint density at radius 3 is 2.43 bits per heavy atom. The van der Waals surface area contributed by atoms with Crippen molar-refractivity contribution in [1.29, 1.82) is 0 Å². The van der Waals surface area contributed by atoms with Crippen molar-refractivity contribution in [2.24, 2.45) is 0 Å². The van der Waals surface area contributed by atoms with Crippen LogP contribution in [0, 0.1) is 0 Å². The number of ether oxygens (including phenoxy) is 2. The average Bonchev–Trinajstić information content (AvgIpc) is 2.58. The van der Waals surface area contributed by atoms with E-state index in [0.717, 1.165) is 0 Å². The van der Waals surface area contributed by atoms with Crippen LogP contribution in [0.3, 0.4) is 0 Å². The molecule has 0 unspecified atom stereocenters. The van der Waals surface area contributed by atoms with E-state index in [1.165, 1.54) is 13.2 Å². The SMILES string of the molecule is CCN(CC)C(=O)c1ccccc1Oc1ccc(O)c(OC)c1. The molecule has 0 aliphatic rings. The van der Waals surface area contributed by atoms with Crippen molar-refractivity contribution in [3.63, 3.8) is 0 Å². The second-order valence-electron chi connectivity index (χ2n) is 4.91. The highest BCUT2D eigenvalue weighted by Gasteiger charge is 2.17. The zero-order valence-corrected chi connectivity index (χ0v) is 13.6. The van der Waals surface area contributed by atoms with Crippen LogP contribution in [0.25, 0.3) is 0 Å². The third-order valence-electron chi connectivity index (χ3n) is 3.55. The molecule has 1 amide bonds. The Balaban J connectivity index is 2.32. The van der Waals surface area contributed by atoms with Crippen LogP contribution in [0.15, 0.2) is 42.5 Å². The number of methoxy groups -OCH3 is 1. The van der Waals surface area contributed by atoms with Gasteiger partial charge < -0.3 is 19.5 Å². The number of para-hydroxylation sites is 1. The fourth-order valence-corrected chi connectivity index (χ4v) is 2.26. The number of phenols is 1. The van der Waals surface area contributed by atoms with Crippen LogP contribution in [0.1, 0.15) is 24.2 Å². The maximum absolute atomic E-state index is 12.6. The molecule has 0 radical (unpaired) electrons. The molecule has 122 valence electrons. The molecule has 5 nitrogen and oxygen atoms in total. The molecular formula is C18H21NO4. The standard InChI is InChI=1S/C18H21NO4/c1-4-19(5-2)18(21)14-8-6-7-9-16(14)23-13-10-11-15(20)17(12-13)22-3/h6-12,20H,4-5H2,1-3H3. The Labute approximate surface area is 136 Å². The molecular weight excluding hydrogens is 294 g/mol. The van der Waals surface area contributed by atoms with Crippen LogP contribution < -0.4 is 9.47 Å². The summed E-state index contributed by atoms with van der Waals surface area (Å²) in [7, 11) is 1.47. The molecule has 23 heavy (non-hydrogen) atoms. The summed E-state index contributed by atoms with van der Waals surface area (Å²) >= 11 is 0. The first-order valence-electron chi connectivity index (χ1n) is 7.53. The van der Waals surface area contributed by atoms with Gasteiger partial charge >= 0.3 is 0 Å². The molecule has 5 heteroatoms. The number of benzene rings is 2. The summed E-state index contributed by atoms with van der Waals surface area (Å²) in [5.74, 6) is 1.23. The second kappa shape index (κ2) is 7.54. The van der Waals surface area contributed by atoms with E-state index in [2.05, 4.69) is 0 Å². The van der Waals surface area contributed by atoms with E-state index in [0.29, 0.717) is 35.9 Å². The monoisotopic (exact) mass is 315 g/mol. The number of phenolic OH excluding ortho intramolecular Hbond substituents is 1. The van der Waals surface area contributed by atoms with Gasteiger partial charge in [-0.05, 0) is 38.1 Å². The molecule has 0 spiro atoms. The number of aromatic hydroxyl groups is 1. The molecule has 0 fully saturated rings. The van der Waals surface area contributed by atoms with E-state index in [9.17, 15) is 9.90 Å². The van der Waals surface area contributed by atoms with Gasteiger partial charge in [0.15, 0.2) is 11.5 Å². The molecule has 0 heterocycles. The molecule has 0 bridgehead atoms. The Bertz CT molecular complexity index is 680. The van der Waals surface area contributed by atoms with E-state index in [1.807, 2.05) is 19.9 Å².